The Morgan fingerprint density at radius 1 is 0.659 bits per heavy atom. The third-order valence-electron chi connectivity index (χ3n) is 16.5. The standard InChI is InChI=1S/C31H42N2O4P.C28H36N2O3.2C3H7.C2HF3O2.Ni/c1-6-15-37-38(34)30-24-18-22-9-7-11-32(13-16-35-4)28(22)20-26(24)31(2,3)27-21-29-23(19-25(27)30)10-8-12-33(29)14-17-36-5;1-28(2)23-17-25-19(7-5-9-29(25)11-13-32-3)15-21(23)27(31)22-16-20-8-6-10-30(12-14-33-4)26(20)18-24(22)28;2*1-3-2;3-2(4,5)1(6)7;/h6,18-21,38H,1,7-17H2,2-5H3;15-18H,5-14H2,1-4H3;2*1,3H2,2H3;(H,6,7);/q+1;;2*-1;;+2/p-1. The molecule has 85 heavy (non-hydrogen) atoms. The minimum Gasteiger partial charge on any atom is -0.542 e. The van der Waals surface area contributed by atoms with Crippen molar-refractivity contribution in [1.82, 2.24) is 4.58 Å². The van der Waals surface area contributed by atoms with E-state index in [1.54, 1.807) is 34.5 Å². The molecule has 470 valence electrons. The van der Waals surface area contributed by atoms with Gasteiger partial charge in [-0.05, 0) is 137 Å². The van der Waals surface area contributed by atoms with Crippen LogP contribution in [-0.4, -0.2) is 132 Å². The van der Waals surface area contributed by atoms with E-state index in [0.29, 0.717) is 26.4 Å². The van der Waals surface area contributed by atoms with Crippen LogP contribution < -0.4 is 35.0 Å². The van der Waals surface area contributed by atoms with E-state index >= 15 is 0 Å². The van der Waals surface area contributed by atoms with Gasteiger partial charge in [0.15, 0.2) is 12.3 Å². The molecule has 18 heteroatoms. The molecule has 0 spiro atoms. The Hall–Kier alpha value is -4.86. The van der Waals surface area contributed by atoms with Crippen LogP contribution in [-0.2, 0) is 85.8 Å². The average Bonchev–Trinajstić information content (AvgIpc) is 0.958. The van der Waals surface area contributed by atoms with E-state index in [-0.39, 0.29) is 39.7 Å². The van der Waals surface area contributed by atoms with Gasteiger partial charge in [0.1, 0.15) is 19.1 Å². The second-order valence-electron chi connectivity index (χ2n) is 23.1. The summed E-state index contributed by atoms with van der Waals surface area (Å²) in [6, 6.07) is 18.4. The maximum Gasteiger partial charge on any atom is 2.00 e. The first-order chi connectivity index (χ1) is 40.1. The number of carboxylic acid groups (broad SMARTS) is 1. The summed E-state index contributed by atoms with van der Waals surface area (Å²) in [6.45, 7) is 34.7. The van der Waals surface area contributed by atoms with Crippen LogP contribution in [0.4, 0.5) is 30.2 Å². The van der Waals surface area contributed by atoms with Gasteiger partial charge in [-0.15, -0.1) is 6.58 Å². The summed E-state index contributed by atoms with van der Waals surface area (Å²) in [4.78, 5) is 29.9. The maximum absolute atomic E-state index is 13.9. The Labute approximate surface area is 514 Å². The minimum atomic E-state index is -5.19. The van der Waals surface area contributed by atoms with Crippen LogP contribution in [0, 0.1) is 13.8 Å². The van der Waals surface area contributed by atoms with Crippen LogP contribution in [0.15, 0.2) is 61.2 Å². The molecule has 4 aliphatic heterocycles. The molecule has 10 rings (SSSR count). The molecule has 0 fully saturated rings. The number of carbonyl (C=O) groups excluding carboxylic acids is 2. The molecule has 0 saturated heterocycles. The van der Waals surface area contributed by atoms with Crippen LogP contribution >= 0.6 is 8.03 Å². The van der Waals surface area contributed by atoms with Crippen molar-refractivity contribution < 1.29 is 72.4 Å². The van der Waals surface area contributed by atoms with Crippen LogP contribution in [0.2, 0.25) is 0 Å². The molecule has 13 nitrogen and oxygen atoms in total. The average molecular weight is 1240 g/mol. The van der Waals surface area contributed by atoms with E-state index in [1.165, 1.54) is 55.8 Å². The van der Waals surface area contributed by atoms with Gasteiger partial charge in [-0.1, -0.05) is 47.6 Å². The number of hydrogen-bond acceptors (Lipinski definition) is 12. The van der Waals surface area contributed by atoms with Crippen LogP contribution in [0.5, 0.6) is 0 Å². The molecule has 0 saturated carbocycles. The zero-order chi connectivity index (χ0) is 61.5. The normalized spacial score (nSPS) is 16.7. The van der Waals surface area contributed by atoms with E-state index in [4.69, 9.17) is 33.4 Å². The Kier molecular flexibility index (Phi) is 27.0. The number of carboxylic acids is 1. The van der Waals surface area contributed by atoms with E-state index < -0.39 is 20.2 Å². The Bertz CT molecular complexity index is 3030. The smallest absolute Gasteiger partial charge is 0.542 e. The molecule has 4 aromatic carbocycles. The molecule has 4 aromatic rings. The molecule has 1 atom stereocenters. The number of hydrogen-bond donors (Lipinski definition) is 0. The van der Waals surface area contributed by atoms with Gasteiger partial charge in [-0.25, -0.2) is 4.58 Å². The quantitative estimate of drug-likeness (QED) is 0.0348. The predicted octanol–water partition coefficient (Wildman–Crippen LogP) is 9.75. The fourth-order valence-electron chi connectivity index (χ4n) is 12.4. The molecular formula is C67H92F3N4NiO9P. The van der Waals surface area contributed by atoms with Gasteiger partial charge in [0, 0.05) is 130 Å². The number of methoxy groups -OCH3 is 4. The number of alkyl halides is 3. The number of aliphatic carboxylic acids is 1. The van der Waals surface area contributed by atoms with Gasteiger partial charge in [-0.3, -0.25) is 9.36 Å². The fourth-order valence-corrected chi connectivity index (χ4v) is 13.7. The maximum atomic E-state index is 13.9. The van der Waals surface area contributed by atoms with Crippen molar-refractivity contribution in [3.8, 4) is 0 Å². The molecule has 0 radical (unpaired) electrons. The summed E-state index contributed by atoms with van der Waals surface area (Å²) in [5.41, 5.74) is 16.2. The first-order valence-corrected chi connectivity index (χ1v) is 31.2. The molecule has 0 aromatic heterocycles. The van der Waals surface area contributed by atoms with Crippen LogP contribution in [0.25, 0.3) is 5.31 Å². The van der Waals surface area contributed by atoms with Gasteiger partial charge in [-0.2, -0.15) is 26.0 Å². The monoisotopic (exact) mass is 1240 g/mol. The summed E-state index contributed by atoms with van der Waals surface area (Å²) in [5, 5.41) is 12.0. The van der Waals surface area contributed by atoms with Crippen molar-refractivity contribution in [2.75, 3.05) is 129 Å². The zero-order valence-corrected chi connectivity index (χ0v) is 54.0. The van der Waals surface area contributed by atoms with Crippen molar-refractivity contribution >= 4 is 42.2 Å². The van der Waals surface area contributed by atoms with Gasteiger partial charge < -0.3 is 61.9 Å². The number of carbonyl (C=O) groups is 2. The number of anilines is 3. The molecule has 2 aliphatic carbocycles. The SMILES string of the molecule is C=CCO[PH](=O)C1=c2cc3c(cc2C(C)(C)c2cc4c(cc21)CCCN4CCOC)=[N+](CCOC)CCC3.COCCN1CCCc2cc3c(cc21)C(C)(C)c1cc2c(cc1C3=O)CCCN2CCOC.O=C([O-])C(F)(F)F.[CH2-]CC.[CH2-]CC.[Ni+2]. The summed E-state index contributed by atoms with van der Waals surface area (Å²) in [7, 11) is 4.53. The zero-order valence-electron chi connectivity index (χ0n) is 52.0. The minimum absolute atomic E-state index is 0. The summed E-state index contributed by atoms with van der Waals surface area (Å²) in [6.07, 6.45) is 7.06. The van der Waals surface area contributed by atoms with E-state index in [9.17, 15) is 22.5 Å². The fraction of sp³-hybridized carbons (Fsp3) is 0.537. The number of nitrogens with zero attached hydrogens (tertiary/aromatic N) is 4. The Morgan fingerprint density at radius 3 is 1.45 bits per heavy atom. The first kappa shape index (κ1) is 70.9. The number of halogens is 3. The number of ketones is 1. The number of rotatable bonds is 16. The van der Waals surface area contributed by atoms with E-state index in [2.05, 4.69) is 116 Å². The van der Waals surface area contributed by atoms with Crippen LogP contribution in [0.1, 0.15) is 146 Å². The van der Waals surface area contributed by atoms with Crippen molar-refractivity contribution in [3.63, 3.8) is 0 Å². The summed E-state index contributed by atoms with van der Waals surface area (Å²) >= 11 is 0. The number of benzene rings is 4. The number of aryl methyl sites for hydroxylation is 4. The number of ether oxygens (including phenoxy) is 4. The van der Waals surface area contributed by atoms with Crippen molar-refractivity contribution in [1.29, 1.82) is 0 Å². The molecule has 0 amide bonds. The van der Waals surface area contributed by atoms with E-state index in [1.807, 2.05) is 13.8 Å². The molecule has 4 heterocycles. The topological polar surface area (TPSA) is 133 Å². The van der Waals surface area contributed by atoms with Gasteiger partial charge in [0.2, 0.25) is 13.4 Å². The Morgan fingerprint density at radius 2 is 1.05 bits per heavy atom. The third kappa shape index (κ3) is 16.5. The van der Waals surface area contributed by atoms with Crippen LogP contribution in [0.3, 0.4) is 0 Å². The van der Waals surface area contributed by atoms with Crippen molar-refractivity contribution in [2.24, 2.45) is 0 Å². The number of fused-ring (bicyclic) bond motifs is 8. The van der Waals surface area contributed by atoms with Crippen molar-refractivity contribution in [3.05, 3.63) is 147 Å². The molecular weight excluding hydrogens is 1150 g/mol. The predicted molar refractivity (Wildman–Crippen MR) is 331 cm³/mol. The molecule has 6 aliphatic rings. The van der Waals surface area contributed by atoms with Gasteiger partial charge >= 0.3 is 22.7 Å². The largest absolute Gasteiger partial charge is 2.00 e. The van der Waals surface area contributed by atoms with Crippen molar-refractivity contribution in [2.45, 2.75) is 123 Å². The Balaban J connectivity index is 0.000000257. The second-order valence-corrected chi connectivity index (χ2v) is 24.4. The molecule has 0 N–H and O–H groups in total. The molecule has 0 bridgehead atoms. The van der Waals surface area contributed by atoms with E-state index in [0.717, 1.165) is 155 Å². The van der Waals surface area contributed by atoms with Gasteiger partial charge in [0.05, 0.1) is 26.4 Å². The third-order valence-corrected chi connectivity index (χ3v) is 17.9. The molecule has 1 unspecified atom stereocenters. The first-order valence-electron chi connectivity index (χ1n) is 29.9. The second kappa shape index (κ2) is 32.4. The van der Waals surface area contributed by atoms with Gasteiger partial charge in [0.25, 0.3) is 0 Å². The summed E-state index contributed by atoms with van der Waals surface area (Å²) in [5.74, 6) is -2.82. The summed E-state index contributed by atoms with van der Waals surface area (Å²) < 4.78 is 75.3.